The lowest BCUT2D eigenvalue weighted by atomic mass is 9.94. The summed E-state index contributed by atoms with van der Waals surface area (Å²) in [6, 6.07) is 13.4. The summed E-state index contributed by atoms with van der Waals surface area (Å²) in [5.41, 5.74) is 4.08. The molecule has 2 heterocycles. The average molecular weight is 484 g/mol. The van der Waals surface area contributed by atoms with Gasteiger partial charge in [-0.1, -0.05) is 39.0 Å². The lowest BCUT2D eigenvalue weighted by molar-refractivity contribution is -0.125. The Hall–Kier alpha value is -2.51. The second-order valence-electron chi connectivity index (χ2n) is 8.27. The molecule has 1 aromatic heterocycles. The van der Waals surface area contributed by atoms with Crippen molar-refractivity contribution in [3.05, 3.63) is 63.4 Å². The molecule has 3 aromatic rings. The zero-order valence-electron chi connectivity index (χ0n) is 17.0. The van der Waals surface area contributed by atoms with Crippen molar-refractivity contribution < 1.29 is 9.59 Å². The van der Waals surface area contributed by atoms with Gasteiger partial charge in [-0.25, -0.2) is 4.98 Å². The van der Waals surface area contributed by atoms with Crippen molar-refractivity contribution in [1.29, 1.82) is 0 Å². The lowest BCUT2D eigenvalue weighted by Gasteiger charge is -2.26. The molecule has 0 bridgehead atoms. The maximum absolute atomic E-state index is 12.7. The lowest BCUT2D eigenvalue weighted by Crippen LogP contribution is -2.38. The van der Waals surface area contributed by atoms with Crippen molar-refractivity contribution in [1.82, 2.24) is 4.98 Å². The van der Waals surface area contributed by atoms with Crippen LogP contribution in [-0.2, 0) is 11.2 Å². The molecule has 0 fully saturated rings. The molecular weight excluding hydrogens is 462 g/mol. The van der Waals surface area contributed by atoms with Crippen molar-refractivity contribution in [3.8, 4) is 11.3 Å². The first-order valence-corrected chi connectivity index (χ1v) is 11.4. The fraction of sp³-hybridized carbons (Fsp3) is 0.261. The molecule has 7 heteroatoms. The first-order valence-electron chi connectivity index (χ1n) is 9.71. The van der Waals surface area contributed by atoms with Crippen LogP contribution in [0.4, 0.5) is 10.8 Å². The maximum Gasteiger partial charge on any atom is 0.258 e. The van der Waals surface area contributed by atoms with Crippen LogP contribution in [0.15, 0.2) is 52.3 Å². The Morgan fingerprint density at radius 3 is 2.67 bits per heavy atom. The Morgan fingerprint density at radius 2 is 1.93 bits per heavy atom. The molecule has 0 spiro atoms. The molecule has 1 N–H and O–H groups in total. The molecule has 0 atom stereocenters. The van der Waals surface area contributed by atoms with Gasteiger partial charge in [-0.05, 0) is 52.2 Å². The van der Waals surface area contributed by atoms with Crippen LogP contribution in [0.1, 0.15) is 36.7 Å². The molecule has 0 unspecified atom stereocenters. The number of nitrogens with one attached hydrogen (secondary N) is 1. The molecule has 0 aliphatic carbocycles. The summed E-state index contributed by atoms with van der Waals surface area (Å²) in [5, 5.41) is 5.35. The number of fused-ring (bicyclic) bond motifs is 1. The van der Waals surface area contributed by atoms with Crippen LogP contribution in [0.25, 0.3) is 11.3 Å². The van der Waals surface area contributed by atoms with Crippen LogP contribution in [0.2, 0.25) is 0 Å². The smallest absolute Gasteiger partial charge is 0.258 e. The van der Waals surface area contributed by atoms with Gasteiger partial charge in [-0.2, -0.15) is 0 Å². The molecule has 1 aliphatic rings. The molecule has 0 saturated heterocycles. The van der Waals surface area contributed by atoms with Crippen LogP contribution < -0.4 is 10.2 Å². The van der Waals surface area contributed by atoms with Gasteiger partial charge >= 0.3 is 0 Å². The van der Waals surface area contributed by atoms with E-state index in [1.807, 2.05) is 61.4 Å². The number of anilines is 2. The molecular formula is C23H22BrN3O2S. The number of nitrogens with zero attached hydrogens (tertiary/aromatic N) is 2. The predicted molar refractivity (Wildman–Crippen MR) is 125 cm³/mol. The third-order valence-electron chi connectivity index (χ3n) is 5.00. The van der Waals surface area contributed by atoms with Crippen LogP contribution >= 0.6 is 27.3 Å². The number of carbonyl (C=O) groups excluding carboxylic acids is 2. The normalized spacial score (nSPS) is 13.3. The Morgan fingerprint density at radius 1 is 1.17 bits per heavy atom. The largest absolute Gasteiger partial charge is 0.311 e. The van der Waals surface area contributed by atoms with E-state index in [0.717, 1.165) is 33.4 Å². The molecule has 2 aromatic carbocycles. The number of halogens is 1. The third-order valence-corrected chi connectivity index (χ3v) is 6.45. The minimum atomic E-state index is -0.407. The van der Waals surface area contributed by atoms with Crippen LogP contribution in [-0.4, -0.2) is 23.3 Å². The molecule has 0 saturated carbocycles. The fourth-order valence-corrected chi connectivity index (χ4v) is 4.63. The molecule has 5 nitrogen and oxygen atoms in total. The first-order chi connectivity index (χ1) is 14.2. The molecule has 0 radical (unpaired) electrons. The van der Waals surface area contributed by atoms with Crippen molar-refractivity contribution in [2.75, 3.05) is 16.8 Å². The number of amides is 2. The summed E-state index contributed by atoms with van der Waals surface area (Å²) >= 11 is 4.79. The summed E-state index contributed by atoms with van der Waals surface area (Å²) in [7, 11) is 0. The second-order valence-corrected chi connectivity index (χ2v) is 9.98. The van der Waals surface area contributed by atoms with Crippen molar-refractivity contribution in [3.63, 3.8) is 0 Å². The average Bonchev–Trinajstić information content (AvgIpc) is 3.33. The summed E-state index contributed by atoms with van der Waals surface area (Å²) in [4.78, 5) is 31.7. The number of hydrogen-bond donors (Lipinski definition) is 1. The van der Waals surface area contributed by atoms with E-state index in [9.17, 15) is 9.59 Å². The summed E-state index contributed by atoms with van der Waals surface area (Å²) < 4.78 is 0.743. The highest BCUT2D eigenvalue weighted by atomic mass is 79.9. The zero-order valence-corrected chi connectivity index (χ0v) is 19.4. The molecule has 1 aliphatic heterocycles. The van der Waals surface area contributed by atoms with E-state index in [4.69, 9.17) is 0 Å². The SMILES string of the molecule is CC(C)(C)C(=O)N1CCc2cc(-c3csc(NC(=O)c4ccccc4Br)n3)ccc21. The van der Waals surface area contributed by atoms with Gasteiger partial charge in [0.1, 0.15) is 0 Å². The second kappa shape index (κ2) is 7.96. The maximum atomic E-state index is 12.7. The fourth-order valence-electron chi connectivity index (χ4n) is 3.45. The Labute approximate surface area is 188 Å². The number of hydrogen-bond acceptors (Lipinski definition) is 4. The molecule has 30 heavy (non-hydrogen) atoms. The van der Waals surface area contributed by atoms with E-state index < -0.39 is 5.41 Å². The number of carbonyl (C=O) groups is 2. The van der Waals surface area contributed by atoms with E-state index in [1.54, 1.807) is 6.07 Å². The predicted octanol–water partition coefficient (Wildman–Crippen LogP) is 5.76. The van der Waals surface area contributed by atoms with Crippen LogP contribution in [0.3, 0.4) is 0 Å². The monoisotopic (exact) mass is 483 g/mol. The first kappa shape index (κ1) is 20.8. The van der Waals surface area contributed by atoms with E-state index in [1.165, 1.54) is 11.3 Å². The quantitative estimate of drug-likeness (QED) is 0.514. The van der Waals surface area contributed by atoms with E-state index in [2.05, 4.69) is 32.3 Å². The molecule has 4 rings (SSSR count). The van der Waals surface area contributed by atoms with Gasteiger partial charge < -0.3 is 4.90 Å². The van der Waals surface area contributed by atoms with Crippen molar-refractivity contribution >= 4 is 49.9 Å². The van der Waals surface area contributed by atoms with Gasteiger partial charge in [0.25, 0.3) is 5.91 Å². The number of aromatic nitrogens is 1. The standard InChI is InChI=1S/C23H22BrN3O2S/c1-23(2,3)21(29)27-11-10-15-12-14(8-9-19(15)27)18-13-30-22(25-18)26-20(28)16-6-4-5-7-17(16)24/h4-9,12-13H,10-11H2,1-3H3,(H,25,26,28). The summed E-state index contributed by atoms with van der Waals surface area (Å²) in [6.45, 7) is 6.54. The van der Waals surface area contributed by atoms with E-state index in [0.29, 0.717) is 17.2 Å². The highest BCUT2D eigenvalue weighted by molar-refractivity contribution is 9.10. The van der Waals surface area contributed by atoms with Gasteiger partial charge in [0.15, 0.2) is 5.13 Å². The number of rotatable bonds is 3. The minimum absolute atomic E-state index is 0.139. The van der Waals surface area contributed by atoms with Crippen LogP contribution in [0.5, 0.6) is 0 Å². The number of benzene rings is 2. The van der Waals surface area contributed by atoms with Gasteiger partial charge in [0, 0.05) is 33.1 Å². The topological polar surface area (TPSA) is 62.3 Å². The summed E-state index contributed by atoms with van der Waals surface area (Å²) in [5.74, 6) is -0.0617. The molecule has 2 amide bonds. The highest BCUT2D eigenvalue weighted by Gasteiger charge is 2.32. The van der Waals surface area contributed by atoms with E-state index in [-0.39, 0.29) is 11.8 Å². The van der Waals surface area contributed by atoms with Crippen molar-refractivity contribution in [2.45, 2.75) is 27.2 Å². The van der Waals surface area contributed by atoms with Gasteiger partial charge in [0.2, 0.25) is 5.91 Å². The number of thiazole rings is 1. The summed E-state index contributed by atoms with van der Waals surface area (Å²) in [6.07, 6.45) is 0.834. The Bertz CT molecular complexity index is 1130. The van der Waals surface area contributed by atoms with Crippen LogP contribution in [0, 0.1) is 5.41 Å². The third kappa shape index (κ3) is 4.04. The van der Waals surface area contributed by atoms with Crippen molar-refractivity contribution in [2.24, 2.45) is 5.41 Å². The minimum Gasteiger partial charge on any atom is -0.311 e. The zero-order chi connectivity index (χ0) is 21.5. The Balaban J connectivity index is 1.53. The van der Waals surface area contributed by atoms with Gasteiger partial charge in [-0.3, -0.25) is 14.9 Å². The van der Waals surface area contributed by atoms with Gasteiger partial charge in [0.05, 0.1) is 11.3 Å². The van der Waals surface area contributed by atoms with E-state index >= 15 is 0 Å². The van der Waals surface area contributed by atoms with Gasteiger partial charge in [-0.15, -0.1) is 11.3 Å². The Kier molecular flexibility index (Phi) is 5.51. The highest BCUT2D eigenvalue weighted by Crippen LogP contribution is 2.35. The molecule has 154 valence electrons.